The van der Waals surface area contributed by atoms with Gasteiger partial charge in [0.15, 0.2) is 0 Å². The smallest absolute Gasteiger partial charge is 0.138 e. The molecular formula is C12H15BrN4. The molecule has 0 fully saturated rings. The first-order chi connectivity index (χ1) is 8.15. The van der Waals surface area contributed by atoms with Crippen molar-refractivity contribution in [2.45, 2.75) is 18.9 Å². The maximum absolute atomic E-state index is 6.11. The number of aryl methyl sites for hydroxylation is 1. The summed E-state index contributed by atoms with van der Waals surface area (Å²) in [6, 6.07) is 8.30. The summed E-state index contributed by atoms with van der Waals surface area (Å²) in [5.41, 5.74) is 7.35. The summed E-state index contributed by atoms with van der Waals surface area (Å²) in [6.45, 7) is 0. The van der Waals surface area contributed by atoms with Gasteiger partial charge in [-0.05, 0) is 24.1 Å². The van der Waals surface area contributed by atoms with E-state index in [0.717, 1.165) is 23.1 Å². The van der Waals surface area contributed by atoms with Crippen molar-refractivity contribution < 1.29 is 0 Å². The van der Waals surface area contributed by atoms with Crippen LogP contribution >= 0.6 is 15.9 Å². The molecule has 0 aliphatic heterocycles. The van der Waals surface area contributed by atoms with Gasteiger partial charge in [0, 0.05) is 24.0 Å². The fourth-order valence-corrected chi connectivity index (χ4v) is 2.00. The van der Waals surface area contributed by atoms with Crippen LogP contribution in [0.1, 0.15) is 11.4 Å². The van der Waals surface area contributed by atoms with Crippen molar-refractivity contribution in [2.24, 2.45) is 12.8 Å². The average molecular weight is 295 g/mol. The Morgan fingerprint density at radius 2 is 2.00 bits per heavy atom. The summed E-state index contributed by atoms with van der Waals surface area (Å²) >= 11 is 3.42. The van der Waals surface area contributed by atoms with Crippen LogP contribution in [0, 0.1) is 0 Å². The Balaban J connectivity index is 1.95. The van der Waals surface area contributed by atoms with E-state index in [1.54, 1.807) is 11.0 Å². The van der Waals surface area contributed by atoms with Gasteiger partial charge in [-0.15, -0.1) is 0 Å². The Kier molecular flexibility index (Phi) is 3.91. The monoisotopic (exact) mass is 294 g/mol. The van der Waals surface area contributed by atoms with Crippen molar-refractivity contribution in [1.29, 1.82) is 0 Å². The van der Waals surface area contributed by atoms with Crippen molar-refractivity contribution in [3.05, 3.63) is 46.5 Å². The van der Waals surface area contributed by atoms with Gasteiger partial charge in [-0.25, -0.2) is 4.98 Å². The van der Waals surface area contributed by atoms with E-state index >= 15 is 0 Å². The van der Waals surface area contributed by atoms with Crippen molar-refractivity contribution in [3.8, 4) is 0 Å². The summed E-state index contributed by atoms with van der Waals surface area (Å²) < 4.78 is 2.85. The molecule has 1 aromatic carbocycles. The molecule has 1 heterocycles. The highest BCUT2D eigenvalue weighted by molar-refractivity contribution is 9.10. The molecule has 0 amide bonds. The van der Waals surface area contributed by atoms with Gasteiger partial charge in [-0.2, -0.15) is 5.10 Å². The van der Waals surface area contributed by atoms with E-state index in [-0.39, 0.29) is 6.04 Å². The zero-order chi connectivity index (χ0) is 12.3. The lowest BCUT2D eigenvalue weighted by atomic mass is 10.0. The molecule has 0 saturated heterocycles. The second-order valence-corrected chi connectivity index (χ2v) is 5.01. The minimum Gasteiger partial charge on any atom is -0.327 e. The van der Waals surface area contributed by atoms with Crippen LogP contribution in [0.3, 0.4) is 0 Å². The Hall–Kier alpha value is -1.20. The molecule has 1 atom stereocenters. The Morgan fingerprint density at radius 1 is 1.29 bits per heavy atom. The molecule has 0 spiro atoms. The maximum Gasteiger partial charge on any atom is 0.138 e. The predicted molar refractivity (Wildman–Crippen MR) is 70.5 cm³/mol. The summed E-state index contributed by atoms with van der Waals surface area (Å²) in [5, 5.41) is 4.03. The van der Waals surface area contributed by atoms with Crippen LogP contribution in [0.5, 0.6) is 0 Å². The van der Waals surface area contributed by atoms with Crippen molar-refractivity contribution >= 4 is 15.9 Å². The lowest BCUT2D eigenvalue weighted by Gasteiger charge is -2.11. The molecule has 0 aliphatic carbocycles. The molecule has 4 nitrogen and oxygen atoms in total. The van der Waals surface area contributed by atoms with Crippen molar-refractivity contribution in [2.75, 3.05) is 0 Å². The zero-order valence-electron chi connectivity index (χ0n) is 9.68. The topological polar surface area (TPSA) is 56.7 Å². The highest BCUT2D eigenvalue weighted by Crippen LogP contribution is 2.12. The molecule has 2 N–H and O–H groups in total. The van der Waals surface area contributed by atoms with Gasteiger partial charge in [0.05, 0.1) is 0 Å². The van der Waals surface area contributed by atoms with Crippen molar-refractivity contribution in [3.63, 3.8) is 0 Å². The van der Waals surface area contributed by atoms with Crippen LogP contribution < -0.4 is 5.73 Å². The molecule has 0 radical (unpaired) electrons. The maximum atomic E-state index is 6.11. The highest BCUT2D eigenvalue weighted by atomic mass is 79.9. The first-order valence-corrected chi connectivity index (χ1v) is 6.27. The van der Waals surface area contributed by atoms with Crippen LogP contribution in [0.2, 0.25) is 0 Å². The van der Waals surface area contributed by atoms with Crippen LogP contribution in [-0.4, -0.2) is 20.8 Å². The standard InChI is InChI=1S/C12H15BrN4/c1-17-12(15-8-16-17)7-11(14)6-9-2-4-10(13)5-3-9/h2-5,8,11H,6-7,14H2,1H3. The summed E-state index contributed by atoms with van der Waals surface area (Å²) in [4.78, 5) is 4.18. The number of hydrogen-bond acceptors (Lipinski definition) is 3. The van der Waals surface area contributed by atoms with Gasteiger partial charge in [0.2, 0.25) is 0 Å². The molecule has 0 saturated carbocycles. The molecule has 1 unspecified atom stereocenters. The third-order valence-corrected chi connectivity index (χ3v) is 3.19. The molecule has 2 aromatic rings. The summed E-state index contributed by atoms with van der Waals surface area (Å²) in [5.74, 6) is 0.926. The number of aromatic nitrogens is 3. The normalized spacial score (nSPS) is 12.6. The first-order valence-electron chi connectivity index (χ1n) is 5.48. The Bertz CT molecular complexity index is 478. The number of halogens is 1. The van der Waals surface area contributed by atoms with E-state index in [1.165, 1.54) is 5.56 Å². The molecular weight excluding hydrogens is 280 g/mol. The van der Waals surface area contributed by atoms with Crippen LogP contribution in [-0.2, 0) is 19.9 Å². The molecule has 90 valence electrons. The molecule has 0 bridgehead atoms. The van der Waals surface area contributed by atoms with Gasteiger partial charge in [-0.3, -0.25) is 4.68 Å². The minimum atomic E-state index is 0.0686. The van der Waals surface area contributed by atoms with E-state index in [4.69, 9.17) is 5.73 Å². The summed E-state index contributed by atoms with van der Waals surface area (Å²) in [7, 11) is 1.88. The van der Waals surface area contributed by atoms with Gasteiger partial charge in [0.1, 0.15) is 12.2 Å². The van der Waals surface area contributed by atoms with Crippen LogP contribution in [0.25, 0.3) is 0 Å². The molecule has 5 heteroatoms. The SMILES string of the molecule is Cn1ncnc1CC(N)Cc1ccc(Br)cc1. The second-order valence-electron chi connectivity index (χ2n) is 4.09. The van der Waals surface area contributed by atoms with Gasteiger partial charge < -0.3 is 5.73 Å². The van der Waals surface area contributed by atoms with E-state index in [2.05, 4.69) is 38.1 Å². The summed E-state index contributed by atoms with van der Waals surface area (Å²) in [6.07, 6.45) is 3.15. The van der Waals surface area contributed by atoms with Gasteiger partial charge in [0.25, 0.3) is 0 Å². The number of nitrogens with two attached hydrogens (primary N) is 1. The van der Waals surface area contributed by atoms with E-state index in [9.17, 15) is 0 Å². The number of nitrogens with zero attached hydrogens (tertiary/aromatic N) is 3. The van der Waals surface area contributed by atoms with Crippen LogP contribution in [0.15, 0.2) is 35.1 Å². The minimum absolute atomic E-state index is 0.0686. The Morgan fingerprint density at radius 3 is 2.59 bits per heavy atom. The number of benzene rings is 1. The predicted octanol–water partition coefficient (Wildman–Crippen LogP) is 1.69. The number of rotatable bonds is 4. The lowest BCUT2D eigenvalue weighted by molar-refractivity contribution is 0.603. The molecule has 1 aromatic heterocycles. The van der Waals surface area contributed by atoms with E-state index in [1.807, 2.05) is 19.2 Å². The average Bonchev–Trinajstić information content (AvgIpc) is 2.68. The molecule has 0 aliphatic rings. The Labute approximate surface area is 109 Å². The molecule has 17 heavy (non-hydrogen) atoms. The van der Waals surface area contributed by atoms with Crippen LogP contribution in [0.4, 0.5) is 0 Å². The van der Waals surface area contributed by atoms with Gasteiger partial charge >= 0.3 is 0 Å². The van der Waals surface area contributed by atoms with E-state index < -0.39 is 0 Å². The largest absolute Gasteiger partial charge is 0.327 e. The first kappa shape index (κ1) is 12.3. The third kappa shape index (κ3) is 3.38. The number of hydrogen-bond donors (Lipinski definition) is 1. The van der Waals surface area contributed by atoms with Crippen molar-refractivity contribution in [1.82, 2.24) is 14.8 Å². The third-order valence-electron chi connectivity index (χ3n) is 2.66. The quantitative estimate of drug-likeness (QED) is 0.934. The zero-order valence-corrected chi connectivity index (χ0v) is 11.3. The highest BCUT2D eigenvalue weighted by Gasteiger charge is 2.09. The second kappa shape index (κ2) is 5.42. The fourth-order valence-electron chi connectivity index (χ4n) is 1.73. The van der Waals surface area contributed by atoms with Gasteiger partial charge in [-0.1, -0.05) is 28.1 Å². The fraction of sp³-hybridized carbons (Fsp3) is 0.333. The van der Waals surface area contributed by atoms with E-state index in [0.29, 0.717) is 0 Å². The lowest BCUT2D eigenvalue weighted by Crippen LogP contribution is -2.27. The molecule has 2 rings (SSSR count).